The van der Waals surface area contributed by atoms with Crippen LogP contribution < -0.4 is 5.30 Å². The zero-order valence-corrected chi connectivity index (χ0v) is 8.48. The van der Waals surface area contributed by atoms with Crippen LogP contribution in [-0.2, 0) is 0 Å². The van der Waals surface area contributed by atoms with E-state index in [0.717, 1.165) is 13.7 Å². The Morgan fingerprint density at radius 2 is 1.90 bits per heavy atom. The zero-order chi connectivity index (χ0) is 7.40. The van der Waals surface area contributed by atoms with Crippen molar-refractivity contribution < 1.29 is 0 Å². The summed E-state index contributed by atoms with van der Waals surface area (Å²) >= 11 is 3.42. The van der Waals surface area contributed by atoms with Crippen molar-refractivity contribution >= 4 is 29.8 Å². The summed E-state index contributed by atoms with van der Waals surface area (Å²) in [5.74, 6) is 0. The number of hydrogen-bond donors (Lipinski definition) is 0. The minimum absolute atomic E-state index is 0.900. The average Bonchev–Trinajstić information content (AvgIpc) is 1.95. The van der Waals surface area contributed by atoms with Crippen molar-refractivity contribution in [3.63, 3.8) is 0 Å². The smallest absolute Gasteiger partial charge is 0.0248 e. The van der Waals surface area contributed by atoms with Crippen molar-refractivity contribution in [2.24, 2.45) is 0 Å². The molecule has 1 aromatic carbocycles. The quantitative estimate of drug-likeness (QED) is 0.527. The molecule has 0 amide bonds. The first-order valence-corrected chi connectivity index (χ1v) is 5.52. The highest BCUT2D eigenvalue weighted by Crippen LogP contribution is 2.12. The molecule has 0 fully saturated rings. The lowest BCUT2D eigenvalue weighted by molar-refractivity contribution is 1.49. The summed E-state index contributed by atoms with van der Waals surface area (Å²) in [4.78, 5) is 0. The van der Waals surface area contributed by atoms with E-state index >= 15 is 0 Å². The van der Waals surface area contributed by atoms with Crippen molar-refractivity contribution in [3.05, 3.63) is 29.8 Å². The summed E-state index contributed by atoms with van der Waals surface area (Å²) in [7, 11) is 0.900. The molecule has 1 atom stereocenters. The minimum Gasteiger partial charge on any atom is -0.0876 e. The largest absolute Gasteiger partial charge is 0.0876 e. The maximum Gasteiger partial charge on any atom is 0.0248 e. The van der Waals surface area contributed by atoms with E-state index < -0.39 is 0 Å². The zero-order valence-electron chi connectivity index (χ0n) is 5.89. The predicted molar refractivity (Wildman–Crippen MR) is 52.9 cm³/mol. The van der Waals surface area contributed by atoms with E-state index in [4.69, 9.17) is 0 Å². The molecule has 0 spiro atoms. The van der Waals surface area contributed by atoms with Crippen LogP contribution in [0.5, 0.6) is 0 Å². The summed E-state index contributed by atoms with van der Waals surface area (Å²) in [6.07, 6.45) is 0. The molecule has 0 bridgehead atoms. The fraction of sp³-hybridized carbons (Fsp3) is 0.250. The van der Waals surface area contributed by atoms with Crippen molar-refractivity contribution in [1.82, 2.24) is 0 Å². The minimum atomic E-state index is 0.900. The van der Waals surface area contributed by atoms with Gasteiger partial charge in [0.2, 0.25) is 0 Å². The number of alkyl halides is 1. The van der Waals surface area contributed by atoms with Gasteiger partial charge in [-0.3, -0.25) is 0 Å². The molecule has 2 heteroatoms. The summed E-state index contributed by atoms with van der Waals surface area (Å²) in [6, 6.07) is 8.69. The second-order valence-corrected chi connectivity index (χ2v) is 5.06. The lowest BCUT2D eigenvalue weighted by Crippen LogP contribution is -1.91. The maximum atomic E-state index is 3.42. The summed E-state index contributed by atoms with van der Waals surface area (Å²) in [5.41, 5.74) is 1.34. The van der Waals surface area contributed by atoms with Gasteiger partial charge in [0.25, 0.3) is 0 Å². The predicted octanol–water partition coefficient (Wildman–Crippen LogP) is 2.65. The van der Waals surface area contributed by atoms with Crippen LogP contribution in [0, 0.1) is 6.92 Å². The molecule has 0 N–H and O–H groups in total. The van der Waals surface area contributed by atoms with E-state index in [1.54, 1.807) is 0 Å². The molecule has 0 aliphatic carbocycles. The molecule has 0 aliphatic heterocycles. The van der Waals surface area contributed by atoms with Crippen molar-refractivity contribution in [1.29, 1.82) is 0 Å². The lowest BCUT2D eigenvalue weighted by Gasteiger charge is -1.96. The number of hydrogen-bond acceptors (Lipinski definition) is 0. The molecule has 1 aromatic rings. The Bertz CT molecular complexity index is 193. The van der Waals surface area contributed by atoms with Gasteiger partial charge in [0, 0.05) is 5.07 Å². The van der Waals surface area contributed by atoms with Gasteiger partial charge >= 0.3 is 0 Å². The molecule has 0 radical (unpaired) electrons. The van der Waals surface area contributed by atoms with Gasteiger partial charge in [0.1, 0.15) is 0 Å². The van der Waals surface area contributed by atoms with E-state index in [9.17, 15) is 0 Å². The van der Waals surface area contributed by atoms with Crippen molar-refractivity contribution in [3.8, 4) is 0 Å². The van der Waals surface area contributed by atoms with Crippen molar-refractivity contribution in [2.75, 3.05) is 5.07 Å². The van der Waals surface area contributed by atoms with Gasteiger partial charge in [0.15, 0.2) is 0 Å². The molecule has 54 valence electrons. The Kier molecular flexibility index (Phi) is 3.37. The Balaban J connectivity index is 2.69. The van der Waals surface area contributed by atoms with Gasteiger partial charge < -0.3 is 0 Å². The van der Waals surface area contributed by atoms with Crippen LogP contribution in [0.15, 0.2) is 24.3 Å². The van der Waals surface area contributed by atoms with Crippen LogP contribution in [0.4, 0.5) is 0 Å². The molecule has 1 rings (SSSR count). The highest BCUT2D eigenvalue weighted by atomic mass is 79.9. The van der Waals surface area contributed by atoms with E-state index in [-0.39, 0.29) is 0 Å². The van der Waals surface area contributed by atoms with Crippen LogP contribution in [0.3, 0.4) is 0 Å². The van der Waals surface area contributed by atoms with Gasteiger partial charge in [0.05, 0.1) is 0 Å². The molecular weight excluding hydrogens is 207 g/mol. The fourth-order valence-corrected chi connectivity index (χ4v) is 2.28. The summed E-state index contributed by atoms with van der Waals surface area (Å²) in [5, 5.41) is 2.51. The van der Waals surface area contributed by atoms with Crippen LogP contribution in [0.2, 0.25) is 0 Å². The first-order valence-electron chi connectivity index (χ1n) is 3.19. The van der Waals surface area contributed by atoms with E-state index in [2.05, 4.69) is 47.1 Å². The number of halogens is 1. The Labute approximate surface area is 71.9 Å². The van der Waals surface area contributed by atoms with Crippen LogP contribution >= 0.6 is 24.5 Å². The number of benzene rings is 1. The van der Waals surface area contributed by atoms with Crippen LogP contribution in [-0.4, -0.2) is 5.07 Å². The van der Waals surface area contributed by atoms with Crippen molar-refractivity contribution in [2.45, 2.75) is 6.92 Å². The third-order valence-electron chi connectivity index (χ3n) is 1.32. The molecule has 0 aromatic heterocycles. The van der Waals surface area contributed by atoms with E-state index in [1.165, 1.54) is 10.9 Å². The van der Waals surface area contributed by atoms with E-state index in [1.807, 2.05) is 0 Å². The summed E-state index contributed by atoms with van der Waals surface area (Å²) < 4.78 is 0. The maximum absolute atomic E-state index is 3.42. The standard InChI is InChI=1S/C8H10BrP/c1-7-2-4-8(5-3-7)10-6-9/h2-5,10H,6H2,1H3. The average molecular weight is 217 g/mol. The molecule has 0 nitrogen and oxygen atoms in total. The van der Waals surface area contributed by atoms with Crippen LogP contribution in [0.25, 0.3) is 0 Å². The molecule has 0 saturated heterocycles. The van der Waals surface area contributed by atoms with Gasteiger partial charge in [-0.1, -0.05) is 54.3 Å². The molecule has 1 unspecified atom stereocenters. The third-order valence-corrected chi connectivity index (χ3v) is 3.04. The first kappa shape index (κ1) is 8.23. The number of rotatable bonds is 2. The SMILES string of the molecule is Cc1ccc(PCBr)cc1. The molecule has 0 aliphatic rings. The summed E-state index contributed by atoms with van der Waals surface area (Å²) in [6.45, 7) is 2.11. The lowest BCUT2D eigenvalue weighted by atomic mass is 10.2. The highest BCUT2D eigenvalue weighted by Gasteiger charge is 1.88. The highest BCUT2D eigenvalue weighted by molar-refractivity contribution is 9.10. The Morgan fingerprint density at radius 3 is 2.40 bits per heavy atom. The second-order valence-electron chi connectivity index (χ2n) is 2.18. The van der Waals surface area contributed by atoms with Gasteiger partial charge in [-0.05, 0) is 12.2 Å². The first-order chi connectivity index (χ1) is 4.83. The van der Waals surface area contributed by atoms with Gasteiger partial charge in [-0.15, -0.1) is 0 Å². The molecule has 10 heavy (non-hydrogen) atoms. The molecule has 0 saturated carbocycles. The topological polar surface area (TPSA) is 0 Å². The number of aryl methyl sites for hydroxylation is 1. The Hall–Kier alpha value is 0.130. The molecule has 0 heterocycles. The van der Waals surface area contributed by atoms with Gasteiger partial charge in [-0.25, -0.2) is 0 Å². The normalized spacial score (nSPS) is 11.0. The molecular formula is C8H10BrP. The van der Waals surface area contributed by atoms with Gasteiger partial charge in [-0.2, -0.15) is 0 Å². The third kappa shape index (κ3) is 2.40. The fourth-order valence-electron chi connectivity index (χ4n) is 0.749. The second kappa shape index (κ2) is 4.10. The van der Waals surface area contributed by atoms with E-state index in [0.29, 0.717) is 0 Å². The van der Waals surface area contributed by atoms with Crippen LogP contribution in [0.1, 0.15) is 5.56 Å². The Morgan fingerprint density at radius 1 is 1.30 bits per heavy atom. The monoisotopic (exact) mass is 216 g/mol.